The van der Waals surface area contributed by atoms with Crippen molar-refractivity contribution < 1.29 is 18.0 Å². The number of imide groups is 1. The molecule has 3 heterocycles. The minimum Gasteiger partial charge on any atom is -0.336 e. The van der Waals surface area contributed by atoms with Crippen molar-refractivity contribution in [3.05, 3.63) is 29.3 Å². The highest BCUT2D eigenvalue weighted by molar-refractivity contribution is 7.88. The second-order valence-electron chi connectivity index (χ2n) is 5.87. The predicted octanol–water partition coefficient (Wildman–Crippen LogP) is 1.33. The van der Waals surface area contributed by atoms with Crippen LogP contribution >= 0.6 is 11.3 Å². The fraction of sp³-hybridized carbons (Fsp3) is 0.400. The van der Waals surface area contributed by atoms with Gasteiger partial charge < -0.3 is 5.32 Å². The number of aromatic nitrogens is 2. The van der Waals surface area contributed by atoms with Crippen molar-refractivity contribution in [2.24, 2.45) is 0 Å². The molecule has 0 bridgehead atoms. The Balaban J connectivity index is 1.56. The molecule has 4 amide bonds. The molecule has 2 aromatic heterocycles. The third kappa shape index (κ3) is 3.73. The van der Waals surface area contributed by atoms with Crippen molar-refractivity contribution in [1.82, 2.24) is 24.3 Å². The van der Waals surface area contributed by atoms with Gasteiger partial charge in [-0.3, -0.25) is 4.68 Å². The number of hydrogen-bond donors (Lipinski definition) is 1. The molecule has 1 aliphatic heterocycles. The highest BCUT2D eigenvalue weighted by Crippen LogP contribution is 2.23. The van der Waals surface area contributed by atoms with Crippen LogP contribution in [0, 0.1) is 6.92 Å². The van der Waals surface area contributed by atoms with E-state index in [1.165, 1.54) is 0 Å². The van der Waals surface area contributed by atoms with Crippen molar-refractivity contribution in [2.75, 3.05) is 25.9 Å². The standard InChI is InChI=1S/C15H19N5O4S2/c1-11-10-12(13-4-3-9-25-13)17-19(11)6-5-16-14(21)18-7-8-20(15(18)22)26(2,23)24/h3-4,9-10H,5-8H2,1-2H3,(H,16,21). The lowest BCUT2D eigenvalue weighted by Crippen LogP contribution is -2.44. The molecule has 3 rings (SSSR count). The summed E-state index contributed by atoms with van der Waals surface area (Å²) in [5.74, 6) is 0. The zero-order valence-electron chi connectivity index (χ0n) is 14.4. The normalized spacial score (nSPS) is 14.9. The second-order valence-corrected chi connectivity index (χ2v) is 8.73. The number of urea groups is 2. The van der Waals surface area contributed by atoms with Crippen molar-refractivity contribution in [2.45, 2.75) is 13.5 Å². The van der Waals surface area contributed by atoms with E-state index in [0.717, 1.165) is 27.4 Å². The SMILES string of the molecule is Cc1cc(-c2cccs2)nn1CCNC(=O)N1CCN(S(C)(=O)=O)C1=O. The summed E-state index contributed by atoms with van der Waals surface area (Å²) in [6.45, 7) is 2.67. The molecule has 0 atom stereocenters. The van der Waals surface area contributed by atoms with Crippen LogP contribution in [0.3, 0.4) is 0 Å². The molecule has 0 radical (unpaired) electrons. The van der Waals surface area contributed by atoms with Crippen LogP contribution in [-0.2, 0) is 16.6 Å². The molecule has 2 aromatic rings. The van der Waals surface area contributed by atoms with Crippen LogP contribution in [-0.4, -0.2) is 65.4 Å². The van der Waals surface area contributed by atoms with Gasteiger partial charge in [-0.25, -0.2) is 27.2 Å². The third-order valence-corrected chi connectivity index (χ3v) is 6.00. The lowest BCUT2D eigenvalue weighted by atomic mass is 10.3. The number of thiophene rings is 1. The van der Waals surface area contributed by atoms with Crippen LogP contribution in [0.5, 0.6) is 0 Å². The molecule has 1 fully saturated rings. The van der Waals surface area contributed by atoms with Gasteiger partial charge in [-0.2, -0.15) is 5.10 Å². The molecule has 11 heteroatoms. The van der Waals surface area contributed by atoms with Gasteiger partial charge in [0.2, 0.25) is 10.0 Å². The largest absolute Gasteiger partial charge is 0.341 e. The number of nitrogens with zero attached hydrogens (tertiary/aromatic N) is 4. The molecule has 0 aromatic carbocycles. The molecule has 1 saturated heterocycles. The van der Waals surface area contributed by atoms with Gasteiger partial charge in [0, 0.05) is 12.2 Å². The lowest BCUT2D eigenvalue weighted by molar-refractivity contribution is 0.193. The zero-order chi connectivity index (χ0) is 18.9. The van der Waals surface area contributed by atoms with Gasteiger partial charge in [-0.05, 0) is 24.4 Å². The molecule has 0 saturated carbocycles. The summed E-state index contributed by atoms with van der Waals surface area (Å²) >= 11 is 1.60. The van der Waals surface area contributed by atoms with E-state index in [4.69, 9.17) is 0 Å². The van der Waals surface area contributed by atoms with E-state index in [0.29, 0.717) is 10.8 Å². The Morgan fingerprint density at radius 2 is 2.15 bits per heavy atom. The maximum atomic E-state index is 12.1. The van der Waals surface area contributed by atoms with E-state index in [1.807, 2.05) is 30.5 Å². The number of aryl methyl sites for hydroxylation is 1. The van der Waals surface area contributed by atoms with E-state index in [2.05, 4.69) is 10.4 Å². The van der Waals surface area contributed by atoms with E-state index >= 15 is 0 Å². The number of sulfonamides is 1. The highest BCUT2D eigenvalue weighted by atomic mass is 32.2. The van der Waals surface area contributed by atoms with Gasteiger partial charge in [0.05, 0.1) is 30.8 Å². The Morgan fingerprint density at radius 1 is 1.38 bits per heavy atom. The molecular formula is C15H19N5O4S2. The van der Waals surface area contributed by atoms with Crippen molar-refractivity contribution in [3.63, 3.8) is 0 Å². The molecule has 26 heavy (non-hydrogen) atoms. The maximum Gasteiger partial charge on any atom is 0.341 e. The number of amides is 4. The van der Waals surface area contributed by atoms with E-state index in [1.54, 1.807) is 16.0 Å². The fourth-order valence-electron chi connectivity index (χ4n) is 2.66. The maximum absolute atomic E-state index is 12.1. The van der Waals surface area contributed by atoms with Gasteiger partial charge in [0.1, 0.15) is 5.69 Å². The average molecular weight is 397 g/mol. The van der Waals surface area contributed by atoms with E-state index in [-0.39, 0.29) is 19.6 Å². The number of carbonyl (C=O) groups is 2. The van der Waals surface area contributed by atoms with Gasteiger partial charge in [-0.15, -0.1) is 11.3 Å². The molecule has 140 valence electrons. The molecule has 0 spiro atoms. The molecular weight excluding hydrogens is 378 g/mol. The van der Waals surface area contributed by atoms with Crippen molar-refractivity contribution in [1.29, 1.82) is 0 Å². The molecule has 9 nitrogen and oxygen atoms in total. The first-order valence-corrected chi connectivity index (χ1v) is 10.7. The number of carbonyl (C=O) groups excluding carboxylic acids is 2. The van der Waals surface area contributed by atoms with Crippen LogP contribution in [0.1, 0.15) is 5.69 Å². The molecule has 1 N–H and O–H groups in total. The minimum atomic E-state index is -3.66. The van der Waals surface area contributed by atoms with Gasteiger partial charge in [0.25, 0.3) is 0 Å². The summed E-state index contributed by atoms with van der Waals surface area (Å²) in [6, 6.07) is 4.50. The highest BCUT2D eigenvalue weighted by Gasteiger charge is 2.37. The van der Waals surface area contributed by atoms with Gasteiger partial charge in [-0.1, -0.05) is 6.07 Å². The summed E-state index contributed by atoms with van der Waals surface area (Å²) in [6.07, 6.45) is 0.942. The first-order valence-electron chi connectivity index (χ1n) is 7.93. The van der Waals surface area contributed by atoms with Crippen LogP contribution in [0.25, 0.3) is 10.6 Å². The van der Waals surface area contributed by atoms with Crippen LogP contribution in [0.15, 0.2) is 23.6 Å². The fourth-order valence-corrected chi connectivity index (χ4v) is 4.14. The molecule has 0 aliphatic carbocycles. The van der Waals surface area contributed by atoms with E-state index < -0.39 is 22.1 Å². The quantitative estimate of drug-likeness (QED) is 0.819. The predicted molar refractivity (Wildman–Crippen MR) is 97.3 cm³/mol. The molecule has 0 unspecified atom stereocenters. The smallest absolute Gasteiger partial charge is 0.336 e. The third-order valence-electron chi connectivity index (χ3n) is 3.97. The zero-order valence-corrected chi connectivity index (χ0v) is 16.0. The first kappa shape index (κ1) is 18.4. The van der Waals surface area contributed by atoms with Gasteiger partial charge >= 0.3 is 12.1 Å². The Morgan fingerprint density at radius 3 is 2.77 bits per heavy atom. The summed E-state index contributed by atoms with van der Waals surface area (Å²) in [5.41, 5.74) is 1.84. The number of rotatable bonds is 5. The summed E-state index contributed by atoms with van der Waals surface area (Å²) in [7, 11) is -3.66. The van der Waals surface area contributed by atoms with Crippen molar-refractivity contribution >= 4 is 33.4 Å². The van der Waals surface area contributed by atoms with Crippen LogP contribution < -0.4 is 5.32 Å². The monoisotopic (exact) mass is 397 g/mol. The molecule has 1 aliphatic rings. The lowest BCUT2D eigenvalue weighted by Gasteiger charge is -2.16. The second kappa shape index (κ2) is 7.08. The first-order chi connectivity index (χ1) is 12.3. The summed E-state index contributed by atoms with van der Waals surface area (Å²) < 4.78 is 25.4. The van der Waals surface area contributed by atoms with Crippen LogP contribution in [0.2, 0.25) is 0 Å². The van der Waals surface area contributed by atoms with Crippen LogP contribution in [0.4, 0.5) is 9.59 Å². The van der Waals surface area contributed by atoms with Crippen molar-refractivity contribution in [3.8, 4) is 10.6 Å². The summed E-state index contributed by atoms with van der Waals surface area (Å²) in [5, 5.41) is 9.13. The Hall–Kier alpha value is -2.40. The van der Waals surface area contributed by atoms with E-state index in [9.17, 15) is 18.0 Å². The van der Waals surface area contributed by atoms with Gasteiger partial charge in [0.15, 0.2) is 0 Å². The average Bonchev–Trinajstić information content (AvgIpc) is 3.26. The summed E-state index contributed by atoms with van der Waals surface area (Å²) in [4.78, 5) is 26.1. The number of nitrogens with one attached hydrogen (secondary N) is 1. The Bertz CT molecular complexity index is 920. The topological polar surface area (TPSA) is 105 Å². The number of hydrogen-bond acceptors (Lipinski definition) is 6. The minimum absolute atomic E-state index is 0.0203. The Kier molecular flexibility index (Phi) is 5.01. The Labute approximate surface area is 155 Å².